The summed E-state index contributed by atoms with van der Waals surface area (Å²) >= 11 is 0. The fourth-order valence-corrected chi connectivity index (χ4v) is 2.11. The maximum Gasteiger partial charge on any atom is 0.306 e. The zero-order chi connectivity index (χ0) is 16.8. The third kappa shape index (κ3) is 10.5. The van der Waals surface area contributed by atoms with Gasteiger partial charge in [0.15, 0.2) is 0 Å². The fraction of sp³-hybridized carbons (Fsp3) is 0.867. The van der Waals surface area contributed by atoms with Crippen molar-refractivity contribution < 1.29 is 24.2 Å². The second-order valence-corrected chi connectivity index (χ2v) is 5.06. The number of aliphatic hydroxyl groups excluding tert-OH is 1. The van der Waals surface area contributed by atoms with Crippen LogP contribution in [0.2, 0.25) is 0 Å². The molecule has 22 heavy (non-hydrogen) atoms. The molecule has 0 radical (unpaired) electrons. The number of esters is 2. The van der Waals surface area contributed by atoms with Crippen molar-refractivity contribution >= 4 is 11.9 Å². The summed E-state index contributed by atoms with van der Waals surface area (Å²) in [7, 11) is 2.76. The van der Waals surface area contributed by atoms with Crippen molar-refractivity contribution in [1.29, 1.82) is 0 Å². The minimum absolute atomic E-state index is 0.0527. The molecule has 0 heterocycles. The Bertz CT molecular complexity index is 282. The second kappa shape index (κ2) is 13.5. The molecule has 0 aliphatic carbocycles. The molecule has 0 fully saturated rings. The van der Waals surface area contributed by atoms with Gasteiger partial charge < -0.3 is 19.5 Å². The molecule has 0 unspecified atom stereocenters. The number of rotatable bonds is 13. The van der Waals surface area contributed by atoms with E-state index in [1.165, 1.54) is 14.2 Å². The Morgan fingerprint density at radius 3 is 1.64 bits per heavy atom. The first kappa shape index (κ1) is 20.8. The molecule has 0 spiro atoms. The standard InChI is InChI=1S/C15H30N2O5/c1-4-7-16(8-5-14(19)21-2)10-11-17(12-13-18)9-6-15(20)22-3/h18H,4-13H2,1-3H3. The first-order chi connectivity index (χ1) is 10.6. The normalized spacial score (nSPS) is 11.0. The van der Waals surface area contributed by atoms with Crippen LogP contribution in [-0.2, 0) is 19.1 Å². The molecule has 7 heteroatoms. The fourth-order valence-electron chi connectivity index (χ4n) is 2.11. The van der Waals surface area contributed by atoms with E-state index in [-0.39, 0.29) is 18.5 Å². The van der Waals surface area contributed by atoms with Crippen LogP contribution in [-0.4, -0.2) is 86.9 Å². The molecule has 0 amide bonds. The number of ether oxygens (including phenoxy) is 2. The lowest BCUT2D eigenvalue weighted by Crippen LogP contribution is -2.38. The number of carbonyl (C=O) groups is 2. The molecule has 0 aliphatic heterocycles. The summed E-state index contributed by atoms with van der Waals surface area (Å²) in [5, 5.41) is 9.10. The monoisotopic (exact) mass is 318 g/mol. The summed E-state index contributed by atoms with van der Waals surface area (Å²) in [6.45, 7) is 6.30. The zero-order valence-electron chi connectivity index (χ0n) is 14.0. The van der Waals surface area contributed by atoms with Crippen LogP contribution in [0, 0.1) is 0 Å². The van der Waals surface area contributed by atoms with Gasteiger partial charge in [0.05, 0.1) is 33.7 Å². The Balaban J connectivity index is 4.23. The molecule has 0 saturated heterocycles. The minimum atomic E-state index is -0.251. The first-order valence-corrected chi connectivity index (χ1v) is 7.76. The van der Waals surface area contributed by atoms with Crippen LogP contribution in [0.25, 0.3) is 0 Å². The van der Waals surface area contributed by atoms with Crippen molar-refractivity contribution in [1.82, 2.24) is 9.80 Å². The lowest BCUT2D eigenvalue weighted by atomic mass is 10.3. The van der Waals surface area contributed by atoms with Crippen LogP contribution in [0.3, 0.4) is 0 Å². The van der Waals surface area contributed by atoms with E-state index >= 15 is 0 Å². The molecule has 0 rings (SSSR count). The highest BCUT2D eigenvalue weighted by Crippen LogP contribution is 1.99. The molecule has 0 aromatic rings. The van der Waals surface area contributed by atoms with Crippen molar-refractivity contribution in [2.75, 3.05) is 60.1 Å². The molecule has 0 saturated carbocycles. The summed E-state index contributed by atoms with van der Waals surface area (Å²) < 4.78 is 9.29. The predicted molar refractivity (Wildman–Crippen MR) is 83.5 cm³/mol. The van der Waals surface area contributed by atoms with E-state index in [0.29, 0.717) is 32.5 Å². The van der Waals surface area contributed by atoms with E-state index in [0.717, 1.165) is 26.1 Å². The molecule has 130 valence electrons. The quantitative estimate of drug-likeness (QED) is 0.483. The lowest BCUT2D eigenvalue weighted by molar-refractivity contribution is -0.142. The number of carbonyl (C=O) groups excluding carboxylic acids is 2. The van der Waals surface area contributed by atoms with Crippen molar-refractivity contribution in [3.63, 3.8) is 0 Å². The van der Waals surface area contributed by atoms with Gasteiger partial charge in [-0.1, -0.05) is 6.92 Å². The highest BCUT2D eigenvalue weighted by atomic mass is 16.5. The third-order valence-corrected chi connectivity index (χ3v) is 3.41. The van der Waals surface area contributed by atoms with Crippen molar-refractivity contribution in [3.8, 4) is 0 Å². The summed E-state index contributed by atoms with van der Waals surface area (Å²) in [6.07, 6.45) is 1.69. The number of methoxy groups -OCH3 is 2. The Morgan fingerprint density at radius 2 is 1.27 bits per heavy atom. The topological polar surface area (TPSA) is 79.3 Å². The average Bonchev–Trinajstić information content (AvgIpc) is 2.53. The van der Waals surface area contributed by atoms with Crippen molar-refractivity contribution in [2.24, 2.45) is 0 Å². The van der Waals surface area contributed by atoms with Crippen LogP contribution in [0.4, 0.5) is 0 Å². The summed E-state index contributed by atoms with van der Waals surface area (Å²) in [6, 6.07) is 0. The van der Waals surface area contributed by atoms with Crippen LogP contribution >= 0.6 is 0 Å². The van der Waals surface area contributed by atoms with E-state index in [1.54, 1.807) is 0 Å². The van der Waals surface area contributed by atoms with E-state index in [2.05, 4.69) is 21.3 Å². The SMILES string of the molecule is CCCN(CCC(=O)OC)CCN(CCO)CCC(=O)OC. The van der Waals surface area contributed by atoms with Gasteiger partial charge in [-0.25, -0.2) is 0 Å². The van der Waals surface area contributed by atoms with Gasteiger partial charge in [-0.05, 0) is 13.0 Å². The molecular formula is C15H30N2O5. The number of aliphatic hydroxyl groups is 1. The second-order valence-electron chi connectivity index (χ2n) is 5.06. The summed E-state index contributed by atoms with van der Waals surface area (Å²) in [4.78, 5) is 26.6. The Labute approximate surface area is 133 Å². The smallest absolute Gasteiger partial charge is 0.306 e. The van der Waals surface area contributed by atoms with Gasteiger partial charge in [-0.3, -0.25) is 14.5 Å². The van der Waals surface area contributed by atoms with Crippen molar-refractivity contribution in [2.45, 2.75) is 26.2 Å². The van der Waals surface area contributed by atoms with E-state index in [4.69, 9.17) is 5.11 Å². The Morgan fingerprint density at radius 1 is 0.818 bits per heavy atom. The predicted octanol–water partition coefficient (Wildman–Crippen LogP) is 0.119. The average molecular weight is 318 g/mol. The van der Waals surface area contributed by atoms with E-state index in [1.807, 2.05) is 4.90 Å². The largest absolute Gasteiger partial charge is 0.469 e. The Kier molecular flexibility index (Phi) is 12.8. The highest BCUT2D eigenvalue weighted by Gasteiger charge is 2.12. The molecule has 0 bridgehead atoms. The highest BCUT2D eigenvalue weighted by molar-refractivity contribution is 5.69. The molecule has 7 nitrogen and oxygen atoms in total. The number of hydrogen-bond donors (Lipinski definition) is 1. The van der Waals surface area contributed by atoms with Gasteiger partial charge in [0.2, 0.25) is 0 Å². The summed E-state index contributed by atoms with van der Waals surface area (Å²) in [5.41, 5.74) is 0. The number of nitrogens with zero attached hydrogens (tertiary/aromatic N) is 2. The van der Waals surface area contributed by atoms with E-state index < -0.39 is 0 Å². The molecule has 0 atom stereocenters. The van der Waals surface area contributed by atoms with Crippen LogP contribution in [0.1, 0.15) is 26.2 Å². The molecule has 0 aromatic carbocycles. The van der Waals surface area contributed by atoms with Crippen molar-refractivity contribution in [3.05, 3.63) is 0 Å². The first-order valence-electron chi connectivity index (χ1n) is 7.76. The molecule has 0 aromatic heterocycles. The van der Waals surface area contributed by atoms with Crippen LogP contribution < -0.4 is 0 Å². The van der Waals surface area contributed by atoms with Gasteiger partial charge in [-0.15, -0.1) is 0 Å². The minimum Gasteiger partial charge on any atom is -0.469 e. The van der Waals surface area contributed by atoms with Crippen LogP contribution in [0.5, 0.6) is 0 Å². The maximum atomic E-state index is 11.2. The molecule has 1 N–H and O–H groups in total. The summed E-state index contributed by atoms with van der Waals surface area (Å²) in [5.74, 6) is -0.460. The van der Waals surface area contributed by atoms with Gasteiger partial charge in [0.25, 0.3) is 0 Å². The molecular weight excluding hydrogens is 288 g/mol. The van der Waals surface area contributed by atoms with Gasteiger partial charge in [0, 0.05) is 32.7 Å². The van der Waals surface area contributed by atoms with Gasteiger partial charge >= 0.3 is 11.9 Å². The third-order valence-electron chi connectivity index (χ3n) is 3.41. The lowest BCUT2D eigenvalue weighted by Gasteiger charge is -2.26. The van der Waals surface area contributed by atoms with Gasteiger partial charge in [0.1, 0.15) is 0 Å². The Hall–Kier alpha value is -1.18. The van der Waals surface area contributed by atoms with Gasteiger partial charge in [-0.2, -0.15) is 0 Å². The molecule has 0 aliphatic rings. The van der Waals surface area contributed by atoms with Crippen LogP contribution in [0.15, 0.2) is 0 Å². The number of hydrogen-bond acceptors (Lipinski definition) is 7. The zero-order valence-corrected chi connectivity index (χ0v) is 14.0. The maximum absolute atomic E-state index is 11.2. The van der Waals surface area contributed by atoms with E-state index in [9.17, 15) is 9.59 Å².